The Bertz CT molecular complexity index is 414. The second kappa shape index (κ2) is 2.52. The molecule has 1 amide bonds. The second-order valence-electron chi connectivity index (χ2n) is 2.60. The molecule has 0 fully saturated rings. The van der Waals surface area contributed by atoms with Gasteiger partial charge in [0.05, 0.1) is 11.2 Å². The van der Waals surface area contributed by atoms with Crippen LogP contribution in [-0.4, -0.2) is 12.9 Å². The molecule has 12 heavy (non-hydrogen) atoms. The van der Waals surface area contributed by atoms with E-state index in [-0.39, 0.29) is 11.7 Å². The van der Waals surface area contributed by atoms with E-state index in [9.17, 15) is 4.79 Å². The van der Waals surface area contributed by atoms with Gasteiger partial charge in [0.15, 0.2) is 0 Å². The van der Waals surface area contributed by atoms with Crippen molar-refractivity contribution in [3.05, 3.63) is 29.3 Å². The molecule has 3 heteroatoms. The van der Waals surface area contributed by atoms with Gasteiger partial charge in [-0.25, -0.2) is 0 Å². The van der Waals surface area contributed by atoms with Gasteiger partial charge in [0, 0.05) is 12.1 Å². The van der Waals surface area contributed by atoms with Gasteiger partial charge in [-0.1, -0.05) is 6.07 Å². The van der Waals surface area contributed by atoms with Gasteiger partial charge >= 0.3 is 0 Å². The normalized spacial score (nSPS) is 18.7. The predicted molar refractivity (Wildman–Crippen MR) is 44.2 cm³/mol. The number of nitrogens with one attached hydrogen (secondary N) is 1. The Morgan fingerprint density at radius 1 is 1.67 bits per heavy atom. The summed E-state index contributed by atoms with van der Waals surface area (Å²) in [5.74, 6) is -0.00760. The molecule has 0 radical (unpaired) electrons. The van der Waals surface area contributed by atoms with Crippen LogP contribution < -0.4 is 10.1 Å². The first-order valence-corrected chi connectivity index (χ1v) is 3.56. The van der Waals surface area contributed by atoms with Crippen LogP contribution in [0, 0.1) is 0 Å². The maximum atomic E-state index is 11.3. The van der Waals surface area contributed by atoms with E-state index in [2.05, 4.69) is 5.32 Å². The molecule has 1 N–H and O–H groups in total. The Hall–Kier alpha value is -1.51. The third kappa shape index (κ3) is 0.942. The highest BCUT2D eigenvalue weighted by molar-refractivity contribution is 5.98. The van der Waals surface area contributed by atoms with Crippen LogP contribution in [0.4, 0.5) is 0 Å². The third-order valence-corrected chi connectivity index (χ3v) is 1.88. The van der Waals surface area contributed by atoms with Crippen molar-refractivity contribution in [2.45, 2.75) is 6.54 Å². The van der Waals surface area contributed by atoms with Crippen LogP contribution in [0.2, 0.25) is 0 Å². The van der Waals surface area contributed by atoms with Crippen molar-refractivity contribution in [3.8, 4) is 5.75 Å². The zero-order valence-corrected chi connectivity index (χ0v) is 6.26. The lowest BCUT2D eigenvalue weighted by Gasteiger charge is -2.00. The van der Waals surface area contributed by atoms with Crippen molar-refractivity contribution < 1.29 is 13.6 Å². The fourth-order valence-corrected chi connectivity index (χ4v) is 1.26. The van der Waals surface area contributed by atoms with Crippen LogP contribution >= 0.6 is 0 Å². The van der Waals surface area contributed by atoms with Crippen molar-refractivity contribution in [3.63, 3.8) is 0 Å². The number of hydrogen-bond donors (Lipinski definition) is 1. The van der Waals surface area contributed by atoms with E-state index in [1.165, 1.54) is 6.07 Å². The Morgan fingerprint density at radius 2 is 2.58 bits per heavy atom. The highest BCUT2D eigenvalue weighted by Crippen LogP contribution is 2.20. The monoisotopic (exact) mass is 166 g/mol. The molecule has 0 aliphatic carbocycles. The number of ether oxygens (including phenoxy) is 1. The van der Waals surface area contributed by atoms with E-state index in [4.69, 9.17) is 8.85 Å². The highest BCUT2D eigenvalue weighted by Gasteiger charge is 2.18. The standard InChI is InChI=1S/C9H9NO2/c1-12-7-3-2-6-5-10-9(11)8(6)4-7/h2-4H,5H2,1H3,(H,10,11)/i1D3. The minimum Gasteiger partial charge on any atom is -0.497 e. The SMILES string of the molecule is [2H]C([2H])([2H])Oc1ccc2c(c1)C(=O)NC2. The molecule has 0 saturated heterocycles. The number of methoxy groups -OCH3 is 1. The largest absolute Gasteiger partial charge is 0.497 e. The van der Waals surface area contributed by atoms with E-state index in [1.807, 2.05) is 0 Å². The lowest BCUT2D eigenvalue weighted by molar-refractivity contribution is 0.0965. The van der Waals surface area contributed by atoms with Gasteiger partial charge in [0.1, 0.15) is 5.75 Å². The molecule has 1 aromatic rings. The van der Waals surface area contributed by atoms with Gasteiger partial charge in [0.2, 0.25) is 0 Å². The third-order valence-electron chi connectivity index (χ3n) is 1.88. The summed E-state index contributed by atoms with van der Waals surface area (Å²) in [5.41, 5.74) is 1.34. The number of carbonyl (C=O) groups is 1. The minimum atomic E-state index is -2.48. The number of hydrogen-bond acceptors (Lipinski definition) is 2. The van der Waals surface area contributed by atoms with E-state index >= 15 is 0 Å². The van der Waals surface area contributed by atoms with Crippen molar-refractivity contribution >= 4 is 5.91 Å². The summed E-state index contributed by atoms with van der Waals surface area (Å²) < 4.78 is 25.5. The van der Waals surface area contributed by atoms with Gasteiger partial charge in [-0.2, -0.15) is 0 Å². The van der Waals surface area contributed by atoms with Gasteiger partial charge in [0.25, 0.3) is 5.91 Å². The number of carbonyl (C=O) groups excluding carboxylic acids is 1. The molecule has 0 unspecified atom stereocenters. The Labute approximate surface area is 74.6 Å². The first-order valence-electron chi connectivity index (χ1n) is 5.06. The summed E-state index contributed by atoms with van der Waals surface area (Å²) in [6.07, 6.45) is 0. The summed E-state index contributed by atoms with van der Waals surface area (Å²) in [4.78, 5) is 11.3. The quantitative estimate of drug-likeness (QED) is 0.674. The molecule has 2 rings (SSSR count). The molecular formula is C9H9NO2. The van der Waals surface area contributed by atoms with Gasteiger partial charge in [-0.05, 0) is 17.7 Å². The number of rotatable bonds is 1. The topological polar surface area (TPSA) is 38.3 Å². The van der Waals surface area contributed by atoms with Gasteiger partial charge < -0.3 is 10.1 Å². The molecule has 1 heterocycles. The maximum Gasteiger partial charge on any atom is 0.252 e. The molecule has 0 aromatic heterocycles. The zero-order chi connectivity index (χ0) is 11.1. The lowest BCUT2D eigenvalue weighted by atomic mass is 10.1. The molecule has 3 nitrogen and oxygen atoms in total. The van der Waals surface area contributed by atoms with E-state index < -0.39 is 7.04 Å². The number of fused-ring (bicyclic) bond motifs is 1. The maximum absolute atomic E-state index is 11.3. The Morgan fingerprint density at radius 3 is 3.42 bits per heavy atom. The average Bonchev–Trinajstić information content (AvgIpc) is 2.45. The Balaban J connectivity index is 2.30. The molecule has 0 spiro atoms. The highest BCUT2D eigenvalue weighted by atomic mass is 16.5. The van der Waals surface area contributed by atoms with Gasteiger partial charge in [-0.3, -0.25) is 4.79 Å². The molecule has 1 aliphatic heterocycles. The molecule has 0 atom stereocenters. The van der Waals surface area contributed by atoms with Crippen molar-refractivity contribution in [2.24, 2.45) is 0 Å². The predicted octanol–water partition coefficient (Wildman–Crippen LogP) is 0.939. The van der Waals surface area contributed by atoms with Crippen LogP contribution in [0.1, 0.15) is 20.0 Å². The Kier molecular flexibility index (Phi) is 0.943. The second-order valence-corrected chi connectivity index (χ2v) is 2.60. The molecule has 1 aliphatic rings. The summed E-state index contributed by atoms with van der Waals surface area (Å²) in [7, 11) is -2.48. The van der Waals surface area contributed by atoms with Gasteiger partial charge in [-0.15, -0.1) is 0 Å². The van der Waals surface area contributed by atoms with Crippen LogP contribution in [0.5, 0.6) is 5.75 Å². The molecular weight excluding hydrogens is 154 g/mol. The van der Waals surface area contributed by atoms with Crippen LogP contribution in [0.25, 0.3) is 0 Å². The molecule has 0 saturated carbocycles. The summed E-state index contributed by atoms with van der Waals surface area (Å²) in [5, 5.41) is 2.64. The average molecular weight is 166 g/mol. The van der Waals surface area contributed by atoms with Crippen molar-refractivity contribution in [1.29, 1.82) is 0 Å². The first-order chi connectivity index (χ1) is 6.96. The molecule has 1 aromatic carbocycles. The lowest BCUT2D eigenvalue weighted by Crippen LogP contribution is -2.12. The number of amides is 1. The first kappa shape index (κ1) is 4.50. The van der Waals surface area contributed by atoms with E-state index in [0.29, 0.717) is 12.1 Å². The fraction of sp³-hybridized carbons (Fsp3) is 0.222. The molecule has 62 valence electrons. The van der Waals surface area contributed by atoms with Crippen LogP contribution in [0.15, 0.2) is 18.2 Å². The fourth-order valence-electron chi connectivity index (χ4n) is 1.26. The zero-order valence-electron chi connectivity index (χ0n) is 9.26. The summed E-state index contributed by atoms with van der Waals surface area (Å²) >= 11 is 0. The van der Waals surface area contributed by atoms with Crippen LogP contribution in [0.3, 0.4) is 0 Å². The van der Waals surface area contributed by atoms with Crippen LogP contribution in [-0.2, 0) is 6.54 Å². The smallest absolute Gasteiger partial charge is 0.252 e. The summed E-state index contributed by atoms with van der Waals surface area (Å²) in [6.45, 7) is 0.488. The number of benzene rings is 1. The van der Waals surface area contributed by atoms with Crippen molar-refractivity contribution in [2.75, 3.05) is 7.04 Å². The minimum absolute atomic E-state index is 0.186. The molecule has 0 bridgehead atoms. The van der Waals surface area contributed by atoms with E-state index in [0.717, 1.165) is 5.56 Å². The van der Waals surface area contributed by atoms with E-state index in [1.54, 1.807) is 12.1 Å². The summed E-state index contributed by atoms with van der Waals surface area (Å²) in [6, 6.07) is 4.68. The van der Waals surface area contributed by atoms with Crippen molar-refractivity contribution in [1.82, 2.24) is 5.32 Å².